The summed E-state index contributed by atoms with van der Waals surface area (Å²) in [6.45, 7) is 20.1. The lowest BCUT2D eigenvalue weighted by molar-refractivity contribution is 0.221. The van der Waals surface area contributed by atoms with Gasteiger partial charge >= 0.3 is 0 Å². The van der Waals surface area contributed by atoms with Crippen LogP contribution in [0.5, 0.6) is 0 Å². The monoisotopic (exact) mass is 254 g/mol. The average Bonchev–Trinajstić information content (AvgIpc) is 1.93. The summed E-state index contributed by atoms with van der Waals surface area (Å²) in [5.74, 6) is 0. The van der Waals surface area contributed by atoms with Gasteiger partial charge < -0.3 is 0 Å². The van der Waals surface area contributed by atoms with E-state index in [4.69, 9.17) is 0 Å². The molecular formula is C16H34N2. The van der Waals surface area contributed by atoms with Gasteiger partial charge in [0, 0.05) is 12.3 Å². The standard InChI is InChI=1S/C16H34N2/c1-13(2)18-16(8,9)17-11-10-15(6,7)12-14(3,4)5/h11,13,18H,10,12H2,1-9H3. The first kappa shape index (κ1) is 17.6. The second-order valence-corrected chi connectivity index (χ2v) is 8.28. The van der Waals surface area contributed by atoms with Crippen LogP contribution >= 0.6 is 0 Å². The quantitative estimate of drug-likeness (QED) is 0.686. The van der Waals surface area contributed by atoms with Crippen molar-refractivity contribution >= 4 is 6.21 Å². The number of nitrogens with zero attached hydrogens (tertiary/aromatic N) is 1. The van der Waals surface area contributed by atoms with Gasteiger partial charge in [0.15, 0.2) is 0 Å². The molecule has 2 heteroatoms. The lowest BCUT2D eigenvalue weighted by Crippen LogP contribution is -2.42. The highest BCUT2D eigenvalue weighted by Gasteiger charge is 2.25. The molecular weight excluding hydrogens is 220 g/mol. The fourth-order valence-electron chi connectivity index (χ4n) is 2.77. The zero-order chi connectivity index (χ0) is 14.6. The second-order valence-electron chi connectivity index (χ2n) is 8.28. The van der Waals surface area contributed by atoms with Crippen molar-refractivity contribution in [2.24, 2.45) is 15.8 Å². The van der Waals surface area contributed by atoms with Crippen molar-refractivity contribution in [3.63, 3.8) is 0 Å². The minimum absolute atomic E-state index is 0.161. The van der Waals surface area contributed by atoms with Gasteiger partial charge in [-0.1, -0.05) is 34.6 Å². The molecule has 2 nitrogen and oxygen atoms in total. The summed E-state index contributed by atoms with van der Waals surface area (Å²) in [4.78, 5) is 4.68. The molecule has 18 heavy (non-hydrogen) atoms. The van der Waals surface area contributed by atoms with E-state index in [0.29, 0.717) is 16.9 Å². The number of hydrogen-bond donors (Lipinski definition) is 1. The molecule has 0 aliphatic heterocycles. The van der Waals surface area contributed by atoms with Gasteiger partial charge in [-0.2, -0.15) is 0 Å². The minimum Gasteiger partial charge on any atom is -0.291 e. The Hall–Kier alpha value is -0.370. The van der Waals surface area contributed by atoms with Gasteiger partial charge in [0.2, 0.25) is 0 Å². The van der Waals surface area contributed by atoms with E-state index in [-0.39, 0.29) is 5.66 Å². The van der Waals surface area contributed by atoms with Gasteiger partial charge in [0.1, 0.15) is 5.66 Å². The maximum atomic E-state index is 4.68. The van der Waals surface area contributed by atoms with Crippen molar-refractivity contribution in [2.75, 3.05) is 0 Å². The highest BCUT2D eigenvalue weighted by molar-refractivity contribution is 5.58. The van der Waals surface area contributed by atoms with Crippen LogP contribution in [0.4, 0.5) is 0 Å². The van der Waals surface area contributed by atoms with E-state index < -0.39 is 0 Å². The summed E-state index contributed by atoms with van der Waals surface area (Å²) < 4.78 is 0. The van der Waals surface area contributed by atoms with Crippen LogP contribution in [0.2, 0.25) is 0 Å². The Morgan fingerprint density at radius 3 is 1.89 bits per heavy atom. The third kappa shape index (κ3) is 9.64. The first-order chi connectivity index (χ1) is 7.83. The molecule has 1 N–H and O–H groups in total. The van der Waals surface area contributed by atoms with Crippen molar-refractivity contribution in [1.29, 1.82) is 0 Å². The number of nitrogens with one attached hydrogen (secondary N) is 1. The van der Waals surface area contributed by atoms with Crippen molar-refractivity contribution in [2.45, 2.75) is 86.9 Å². The maximum Gasteiger partial charge on any atom is 0.104 e. The summed E-state index contributed by atoms with van der Waals surface area (Å²) >= 11 is 0. The average molecular weight is 254 g/mol. The Balaban J connectivity index is 4.38. The van der Waals surface area contributed by atoms with Crippen molar-refractivity contribution < 1.29 is 0 Å². The van der Waals surface area contributed by atoms with Crippen LogP contribution in [0.3, 0.4) is 0 Å². The lowest BCUT2D eigenvalue weighted by atomic mass is 9.75. The number of aliphatic imine (C=N–C) groups is 1. The predicted octanol–water partition coefficient (Wildman–Crippen LogP) is 4.64. The molecule has 0 aliphatic carbocycles. The van der Waals surface area contributed by atoms with Gasteiger partial charge in [-0.3, -0.25) is 10.3 Å². The number of rotatable bonds is 6. The molecule has 108 valence electrons. The van der Waals surface area contributed by atoms with E-state index in [1.165, 1.54) is 6.42 Å². The molecule has 0 aromatic rings. The zero-order valence-corrected chi connectivity index (χ0v) is 14.0. The fraction of sp³-hybridized carbons (Fsp3) is 0.938. The van der Waals surface area contributed by atoms with E-state index in [1.807, 2.05) is 0 Å². The number of hydrogen-bond acceptors (Lipinski definition) is 2. The molecule has 0 aromatic heterocycles. The Labute approximate surface area is 115 Å². The molecule has 0 amide bonds. The van der Waals surface area contributed by atoms with Gasteiger partial charge in [-0.25, -0.2) is 0 Å². The summed E-state index contributed by atoms with van der Waals surface area (Å²) in [6, 6.07) is 0.458. The molecule has 0 atom stereocenters. The van der Waals surface area contributed by atoms with Crippen LogP contribution in [0.25, 0.3) is 0 Å². The summed E-state index contributed by atoms with van der Waals surface area (Å²) in [5, 5.41) is 3.46. The van der Waals surface area contributed by atoms with Crippen LogP contribution in [-0.4, -0.2) is 17.9 Å². The van der Waals surface area contributed by atoms with Gasteiger partial charge in [-0.05, 0) is 51.4 Å². The Morgan fingerprint density at radius 2 is 1.50 bits per heavy atom. The van der Waals surface area contributed by atoms with Crippen LogP contribution in [0.15, 0.2) is 4.99 Å². The third-order valence-corrected chi connectivity index (χ3v) is 2.71. The van der Waals surface area contributed by atoms with Crippen LogP contribution in [-0.2, 0) is 0 Å². The first-order valence-corrected chi connectivity index (χ1v) is 7.14. The third-order valence-electron chi connectivity index (χ3n) is 2.71. The Kier molecular flexibility index (Phi) is 6.06. The summed E-state index contributed by atoms with van der Waals surface area (Å²) in [6.07, 6.45) is 4.35. The highest BCUT2D eigenvalue weighted by Crippen LogP contribution is 2.35. The summed E-state index contributed by atoms with van der Waals surface area (Å²) in [5.41, 5.74) is 0.532. The highest BCUT2D eigenvalue weighted by atomic mass is 15.1. The summed E-state index contributed by atoms with van der Waals surface area (Å²) in [7, 11) is 0. The molecule has 0 rings (SSSR count). The SMILES string of the molecule is CC(C)NC(C)(C)N=CCC(C)(C)CC(C)(C)C. The van der Waals surface area contributed by atoms with Crippen LogP contribution < -0.4 is 5.32 Å². The molecule has 0 saturated carbocycles. The van der Waals surface area contributed by atoms with Gasteiger partial charge in [0.05, 0.1) is 0 Å². The minimum atomic E-state index is -0.161. The second kappa shape index (κ2) is 6.18. The normalized spacial score (nSPS) is 14.8. The molecule has 0 saturated heterocycles. The molecule has 0 aliphatic rings. The van der Waals surface area contributed by atoms with Gasteiger partial charge in [0.25, 0.3) is 0 Å². The smallest absolute Gasteiger partial charge is 0.104 e. The molecule has 0 bridgehead atoms. The van der Waals surface area contributed by atoms with E-state index in [2.05, 4.69) is 78.8 Å². The molecule has 0 aromatic carbocycles. The predicted molar refractivity (Wildman–Crippen MR) is 83.3 cm³/mol. The van der Waals surface area contributed by atoms with E-state index in [1.54, 1.807) is 0 Å². The fourth-order valence-corrected chi connectivity index (χ4v) is 2.77. The van der Waals surface area contributed by atoms with Crippen LogP contribution in [0.1, 0.15) is 75.2 Å². The van der Waals surface area contributed by atoms with Crippen molar-refractivity contribution in [3.05, 3.63) is 0 Å². The van der Waals surface area contributed by atoms with Gasteiger partial charge in [-0.15, -0.1) is 0 Å². The molecule has 0 radical (unpaired) electrons. The van der Waals surface area contributed by atoms with Crippen molar-refractivity contribution in [3.8, 4) is 0 Å². The molecule has 0 heterocycles. The maximum absolute atomic E-state index is 4.68. The van der Waals surface area contributed by atoms with Crippen LogP contribution in [0, 0.1) is 10.8 Å². The van der Waals surface area contributed by atoms with Crippen molar-refractivity contribution in [1.82, 2.24) is 5.32 Å². The Morgan fingerprint density at radius 1 is 1.00 bits per heavy atom. The molecule has 0 spiro atoms. The largest absolute Gasteiger partial charge is 0.291 e. The lowest BCUT2D eigenvalue weighted by Gasteiger charge is -2.32. The van der Waals surface area contributed by atoms with E-state index >= 15 is 0 Å². The Bertz CT molecular complexity index is 267. The molecule has 0 fully saturated rings. The zero-order valence-electron chi connectivity index (χ0n) is 14.0. The van der Waals surface area contributed by atoms with E-state index in [9.17, 15) is 0 Å². The van der Waals surface area contributed by atoms with E-state index in [0.717, 1.165) is 6.42 Å². The first-order valence-electron chi connectivity index (χ1n) is 7.14. The molecule has 0 unspecified atom stereocenters. The topological polar surface area (TPSA) is 24.4 Å².